The van der Waals surface area contributed by atoms with Gasteiger partial charge in [-0.1, -0.05) is 35.0 Å². The van der Waals surface area contributed by atoms with Crippen LogP contribution in [-0.4, -0.2) is 16.7 Å². The number of aromatic nitrogens is 2. The van der Waals surface area contributed by atoms with Crippen LogP contribution < -0.4 is 5.32 Å². The first-order valence-corrected chi connectivity index (χ1v) is 7.16. The Balaban J connectivity index is 1.61. The first-order chi connectivity index (χ1) is 9.34. The van der Waals surface area contributed by atoms with E-state index in [2.05, 4.69) is 32.1 Å². The van der Waals surface area contributed by atoms with E-state index in [1.807, 2.05) is 12.1 Å². The van der Waals surface area contributed by atoms with E-state index in [0.29, 0.717) is 0 Å². The Morgan fingerprint density at radius 1 is 1.32 bits per heavy atom. The molecule has 0 radical (unpaired) electrons. The minimum Gasteiger partial charge on any atom is -0.343 e. The Morgan fingerprint density at radius 2 is 2.21 bits per heavy atom. The molecule has 0 aliphatic heterocycles. The van der Waals surface area contributed by atoms with Gasteiger partial charge in [0.2, 0.25) is 6.39 Å². The summed E-state index contributed by atoms with van der Waals surface area (Å²) in [6.45, 7) is 1.56. The van der Waals surface area contributed by atoms with E-state index in [-0.39, 0.29) is 0 Å². The van der Waals surface area contributed by atoms with Gasteiger partial charge < -0.3 is 9.84 Å². The molecule has 0 aliphatic carbocycles. The Morgan fingerprint density at radius 3 is 3.00 bits per heavy atom. The van der Waals surface area contributed by atoms with Crippen molar-refractivity contribution in [3.63, 3.8) is 0 Å². The van der Waals surface area contributed by atoms with Crippen LogP contribution in [0.25, 0.3) is 10.1 Å². The van der Waals surface area contributed by atoms with Gasteiger partial charge in [0.05, 0.1) is 5.02 Å². The van der Waals surface area contributed by atoms with Crippen molar-refractivity contribution in [2.75, 3.05) is 6.54 Å². The molecule has 6 heteroatoms. The predicted molar refractivity (Wildman–Crippen MR) is 76.5 cm³/mol. The molecule has 1 aromatic carbocycles. The maximum Gasteiger partial charge on any atom is 0.213 e. The molecule has 0 spiro atoms. The average Bonchev–Trinajstić information content (AvgIpc) is 3.04. The van der Waals surface area contributed by atoms with Crippen molar-refractivity contribution in [2.24, 2.45) is 0 Å². The highest BCUT2D eigenvalue weighted by molar-refractivity contribution is 7.19. The summed E-state index contributed by atoms with van der Waals surface area (Å²) in [6, 6.07) is 8.18. The molecule has 0 amide bonds. The van der Waals surface area contributed by atoms with Crippen LogP contribution in [0.15, 0.2) is 35.2 Å². The number of rotatable bonds is 5. The third-order valence-electron chi connectivity index (χ3n) is 2.82. The average molecular weight is 294 g/mol. The molecule has 2 heterocycles. The summed E-state index contributed by atoms with van der Waals surface area (Å²) in [6.07, 6.45) is 2.09. The molecule has 0 aliphatic rings. The molecule has 0 saturated carbocycles. The van der Waals surface area contributed by atoms with E-state index < -0.39 is 0 Å². The van der Waals surface area contributed by atoms with Gasteiger partial charge >= 0.3 is 0 Å². The number of nitrogens with zero attached hydrogens (tertiary/aromatic N) is 2. The molecule has 0 saturated heterocycles. The van der Waals surface area contributed by atoms with E-state index in [0.717, 1.165) is 40.6 Å². The molecule has 3 aromatic rings. The third kappa shape index (κ3) is 2.78. The summed E-state index contributed by atoms with van der Waals surface area (Å²) in [4.78, 5) is 5.13. The number of benzene rings is 1. The number of nitrogens with one attached hydrogen (secondary N) is 1. The fourth-order valence-electron chi connectivity index (χ4n) is 1.88. The molecule has 3 rings (SSSR count). The topological polar surface area (TPSA) is 51.0 Å². The van der Waals surface area contributed by atoms with Crippen LogP contribution in [0.3, 0.4) is 0 Å². The van der Waals surface area contributed by atoms with Gasteiger partial charge in [-0.05, 0) is 6.07 Å². The van der Waals surface area contributed by atoms with Gasteiger partial charge in [-0.15, -0.1) is 11.3 Å². The Kier molecular flexibility index (Phi) is 3.77. The summed E-state index contributed by atoms with van der Waals surface area (Å²) < 4.78 is 5.91. The minimum absolute atomic E-state index is 0.718. The van der Waals surface area contributed by atoms with Crippen LogP contribution >= 0.6 is 22.9 Å². The number of fused-ring (bicyclic) bond motifs is 1. The van der Waals surface area contributed by atoms with Crippen LogP contribution in [-0.2, 0) is 13.0 Å². The summed E-state index contributed by atoms with van der Waals surface area (Å²) in [7, 11) is 0. The van der Waals surface area contributed by atoms with Gasteiger partial charge in [-0.25, -0.2) is 0 Å². The maximum absolute atomic E-state index is 6.37. The molecule has 4 nitrogen and oxygen atoms in total. The molecule has 0 atom stereocenters. The van der Waals surface area contributed by atoms with Gasteiger partial charge in [0.15, 0.2) is 5.82 Å². The van der Waals surface area contributed by atoms with Crippen LogP contribution in [0.4, 0.5) is 0 Å². The number of hydrogen-bond acceptors (Lipinski definition) is 5. The standard InChI is InChI=1S/C13H12ClN3OS/c14-13-9-3-1-2-4-10(9)19-11(13)7-15-6-5-12-16-8-18-17-12/h1-4,8,15H,5-7H2. The molecule has 19 heavy (non-hydrogen) atoms. The van der Waals surface area contributed by atoms with Crippen molar-refractivity contribution in [1.82, 2.24) is 15.5 Å². The molecule has 0 unspecified atom stereocenters. The van der Waals surface area contributed by atoms with Crippen LogP contribution in [0.1, 0.15) is 10.7 Å². The van der Waals surface area contributed by atoms with Gasteiger partial charge in [0.1, 0.15) is 0 Å². The Labute approximate surface area is 119 Å². The lowest BCUT2D eigenvalue weighted by atomic mass is 10.2. The van der Waals surface area contributed by atoms with Crippen molar-refractivity contribution in [3.8, 4) is 0 Å². The Bertz CT molecular complexity index is 666. The second kappa shape index (κ2) is 5.69. The zero-order valence-electron chi connectivity index (χ0n) is 10.1. The SMILES string of the molecule is Clc1c(CNCCc2ncon2)sc2ccccc12. The van der Waals surface area contributed by atoms with Crippen molar-refractivity contribution in [1.29, 1.82) is 0 Å². The third-order valence-corrected chi connectivity index (χ3v) is 4.53. The first kappa shape index (κ1) is 12.6. The van der Waals surface area contributed by atoms with Crippen molar-refractivity contribution >= 4 is 33.0 Å². The fourth-order valence-corrected chi connectivity index (χ4v) is 3.35. The van der Waals surface area contributed by atoms with Crippen LogP contribution in [0.5, 0.6) is 0 Å². The van der Waals surface area contributed by atoms with E-state index in [9.17, 15) is 0 Å². The smallest absolute Gasteiger partial charge is 0.213 e. The van der Waals surface area contributed by atoms with Gasteiger partial charge in [-0.3, -0.25) is 0 Å². The van der Waals surface area contributed by atoms with E-state index in [4.69, 9.17) is 11.6 Å². The monoisotopic (exact) mass is 293 g/mol. The molecule has 98 valence electrons. The maximum atomic E-state index is 6.37. The zero-order valence-corrected chi connectivity index (χ0v) is 11.7. The summed E-state index contributed by atoms with van der Waals surface area (Å²) >= 11 is 8.09. The summed E-state index contributed by atoms with van der Waals surface area (Å²) in [5, 5.41) is 9.09. The van der Waals surface area contributed by atoms with Gasteiger partial charge in [-0.2, -0.15) is 4.98 Å². The highest BCUT2D eigenvalue weighted by Gasteiger charge is 2.09. The van der Waals surface area contributed by atoms with Gasteiger partial charge in [0.25, 0.3) is 0 Å². The number of hydrogen-bond donors (Lipinski definition) is 1. The molecule has 2 aromatic heterocycles. The van der Waals surface area contributed by atoms with Crippen molar-refractivity contribution in [3.05, 3.63) is 46.4 Å². The molecule has 1 N–H and O–H groups in total. The normalized spacial score (nSPS) is 11.2. The molecule has 0 fully saturated rings. The second-order valence-corrected chi connectivity index (χ2v) is 5.62. The second-order valence-electron chi connectivity index (χ2n) is 4.11. The van der Waals surface area contributed by atoms with Crippen LogP contribution in [0.2, 0.25) is 5.02 Å². The number of thiophene rings is 1. The molecule has 0 bridgehead atoms. The first-order valence-electron chi connectivity index (χ1n) is 5.96. The highest BCUT2D eigenvalue weighted by atomic mass is 35.5. The fraction of sp³-hybridized carbons (Fsp3) is 0.231. The summed E-state index contributed by atoms with van der Waals surface area (Å²) in [5.74, 6) is 0.718. The Hall–Kier alpha value is -1.43. The largest absolute Gasteiger partial charge is 0.343 e. The van der Waals surface area contributed by atoms with E-state index in [1.54, 1.807) is 11.3 Å². The molecular formula is C13H12ClN3OS. The van der Waals surface area contributed by atoms with Crippen molar-refractivity contribution < 1.29 is 4.52 Å². The zero-order chi connectivity index (χ0) is 13.1. The lowest BCUT2D eigenvalue weighted by Gasteiger charge is -2.01. The summed E-state index contributed by atoms with van der Waals surface area (Å²) in [5.41, 5.74) is 0. The van der Waals surface area contributed by atoms with Gasteiger partial charge in [0, 0.05) is 34.5 Å². The lowest BCUT2D eigenvalue weighted by Crippen LogP contribution is -2.16. The van der Waals surface area contributed by atoms with Crippen LogP contribution in [0, 0.1) is 0 Å². The quantitative estimate of drug-likeness (QED) is 0.734. The van der Waals surface area contributed by atoms with E-state index >= 15 is 0 Å². The minimum atomic E-state index is 0.718. The molecular weight excluding hydrogens is 282 g/mol. The lowest BCUT2D eigenvalue weighted by molar-refractivity contribution is 0.409. The van der Waals surface area contributed by atoms with E-state index in [1.165, 1.54) is 11.1 Å². The predicted octanol–water partition coefficient (Wildman–Crippen LogP) is 3.27. The highest BCUT2D eigenvalue weighted by Crippen LogP contribution is 2.34. The van der Waals surface area contributed by atoms with Crippen molar-refractivity contribution in [2.45, 2.75) is 13.0 Å². The number of halogens is 1.